The molecule has 3 aromatic rings. The van der Waals surface area contributed by atoms with Gasteiger partial charge in [0.15, 0.2) is 5.82 Å². The van der Waals surface area contributed by atoms with Gasteiger partial charge in [-0.2, -0.15) is 4.98 Å². The predicted octanol–water partition coefficient (Wildman–Crippen LogP) is 2.50. The molecule has 1 aliphatic rings. The van der Waals surface area contributed by atoms with Crippen molar-refractivity contribution in [3.05, 3.63) is 53.1 Å². The molecule has 1 amide bonds. The van der Waals surface area contributed by atoms with Crippen molar-refractivity contribution in [2.45, 2.75) is 45.8 Å². The molecule has 8 nitrogen and oxygen atoms in total. The molecule has 4 rings (SSSR count). The topological polar surface area (TPSA) is 81.9 Å². The van der Waals surface area contributed by atoms with E-state index in [0.29, 0.717) is 24.7 Å². The van der Waals surface area contributed by atoms with Crippen LogP contribution in [0.25, 0.3) is 5.78 Å². The summed E-state index contributed by atoms with van der Waals surface area (Å²) in [7, 11) is 1.64. The Morgan fingerprint density at radius 3 is 2.93 bits per heavy atom. The van der Waals surface area contributed by atoms with Crippen LogP contribution in [0.5, 0.6) is 5.75 Å². The van der Waals surface area contributed by atoms with Crippen LogP contribution in [0.1, 0.15) is 35.6 Å². The molecule has 0 bridgehead atoms. The van der Waals surface area contributed by atoms with Gasteiger partial charge in [0.1, 0.15) is 5.75 Å². The molecule has 1 atom stereocenters. The first-order valence-corrected chi connectivity index (χ1v) is 10.2. The molecule has 0 saturated carbocycles. The number of hydrogen-bond acceptors (Lipinski definition) is 6. The van der Waals surface area contributed by atoms with Gasteiger partial charge in [-0.25, -0.2) is 9.50 Å². The second-order valence-electron chi connectivity index (χ2n) is 7.72. The summed E-state index contributed by atoms with van der Waals surface area (Å²) in [6.07, 6.45) is 2.19. The number of benzene rings is 1. The zero-order chi connectivity index (χ0) is 21.1. The first-order valence-electron chi connectivity index (χ1n) is 10.2. The highest BCUT2D eigenvalue weighted by Gasteiger charge is 2.24. The highest BCUT2D eigenvalue weighted by molar-refractivity contribution is 5.78. The van der Waals surface area contributed by atoms with E-state index in [9.17, 15) is 4.79 Å². The van der Waals surface area contributed by atoms with E-state index in [1.807, 2.05) is 49.1 Å². The molecule has 0 N–H and O–H groups in total. The molecule has 158 valence electrons. The van der Waals surface area contributed by atoms with E-state index in [1.54, 1.807) is 11.6 Å². The van der Waals surface area contributed by atoms with E-state index in [1.165, 1.54) is 0 Å². The van der Waals surface area contributed by atoms with Crippen molar-refractivity contribution in [2.24, 2.45) is 0 Å². The number of aromatic nitrogens is 4. The molecular formula is C22H27N5O3. The first-order chi connectivity index (χ1) is 14.5. The number of nitrogens with zero attached hydrogens (tertiary/aromatic N) is 5. The molecule has 1 aliphatic heterocycles. The molecule has 0 radical (unpaired) electrons. The molecule has 3 heterocycles. The van der Waals surface area contributed by atoms with Gasteiger partial charge in [-0.3, -0.25) is 4.79 Å². The van der Waals surface area contributed by atoms with E-state index in [2.05, 4.69) is 15.1 Å². The number of fused-ring (bicyclic) bond motifs is 1. The van der Waals surface area contributed by atoms with E-state index < -0.39 is 0 Å². The van der Waals surface area contributed by atoms with Crippen molar-refractivity contribution in [2.75, 3.05) is 20.3 Å². The van der Waals surface area contributed by atoms with Gasteiger partial charge in [0.25, 0.3) is 5.78 Å². The lowest BCUT2D eigenvalue weighted by molar-refractivity contribution is -0.132. The fourth-order valence-corrected chi connectivity index (χ4v) is 3.81. The maximum atomic E-state index is 13.2. The summed E-state index contributed by atoms with van der Waals surface area (Å²) in [4.78, 5) is 23.9. The third-order valence-electron chi connectivity index (χ3n) is 5.28. The molecule has 0 spiro atoms. The molecule has 1 aromatic carbocycles. The van der Waals surface area contributed by atoms with Gasteiger partial charge in [0.05, 0.1) is 19.6 Å². The predicted molar refractivity (Wildman–Crippen MR) is 111 cm³/mol. The molecule has 2 aromatic heterocycles. The standard InChI is InChI=1S/C22H27N5O3/c1-15-10-16(2)27-22(23-15)24-20(25-27)12-21(28)26(14-19-8-5-9-30-19)13-17-6-4-7-18(11-17)29-3/h4,6-7,10-11,19H,5,8-9,12-14H2,1-3H3. The minimum Gasteiger partial charge on any atom is -0.497 e. The number of carbonyl (C=O) groups is 1. The van der Waals surface area contributed by atoms with E-state index in [4.69, 9.17) is 9.47 Å². The van der Waals surface area contributed by atoms with Crippen molar-refractivity contribution < 1.29 is 14.3 Å². The van der Waals surface area contributed by atoms with Gasteiger partial charge in [-0.05, 0) is 50.5 Å². The van der Waals surface area contributed by atoms with Crippen LogP contribution < -0.4 is 4.74 Å². The lowest BCUT2D eigenvalue weighted by atomic mass is 10.1. The third-order valence-corrected chi connectivity index (χ3v) is 5.28. The van der Waals surface area contributed by atoms with Crippen LogP contribution >= 0.6 is 0 Å². The van der Waals surface area contributed by atoms with Gasteiger partial charge in [0, 0.05) is 31.1 Å². The lowest BCUT2D eigenvalue weighted by Crippen LogP contribution is -2.38. The summed E-state index contributed by atoms with van der Waals surface area (Å²) in [5.41, 5.74) is 2.83. The van der Waals surface area contributed by atoms with E-state index in [-0.39, 0.29) is 18.4 Å². The molecular weight excluding hydrogens is 382 g/mol. The Kier molecular flexibility index (Phi) is 5.94. The maximum absolute atomic E-state index is 13.2. The third kappa shape index (κ3) is 4.59. The Balaban J connectivity index is 1.54. The molecule has 0 aliphatic carbocycles. The van der Waals surface area contributed by atoms with E-state index >= 15 is 0 Å². The van der Waals surface area contributed by atoms with Crippen molar-refractivity contribution in [3.8, 4) is 5.75 Å². The number of methoxy groups -OCH3 is 1. The van der Waals surface area contributed by atoms with Crippen LogP contribution in [-0.2, 0) is 22.5 Å². The number of rotatable bonds is 7. The first kappa shape index (κ1) is 20.3. The highest BCUT2D eigenvalue weighted by Crippen LogP contribution is 2.18. The number of ether oxygens (including phenoxy) is 2. The summed E-state index contributed by atoms with van der Waals surface area (Å²) < 4.78 is 12.8. The zero-order valence-corrected chi connectivity index (χ0v) is 17.7. The molecule has 1 fully saturated rings. The smallest absolute Gasteiger partial charge is 0.252 e. The van der Waals surface area contributed by atoms with Crippen molar-refractivity contribution >= 4 is 11.7 Å². The normalized spacial score (nSPS) is 16.2. The summed E-state index contributed by atoms with van der Waals surface area (Å²) in [5, 5.41) is 4.49. The second-order valence-corrected chi connectivity index (χ2v) is 7.72. The van der Waals surface area contributed by atoms with Gasteiger partial charge in [-0.15, -0.1) is 5.10 Å². The lowest BCUT2D eigenvalue weighted by Gasteiger charge is -2.25. The van der Waals surface area contributed by atoms with Crippen LogP contribution in [-0.4, -0.2) is 56.8 Å². The Labute approximate surface area is 175 Å². The molecule has 30 heavy (non-hydrogen) atoms. The Bertz CT molecular complexity index is 1040. The Morgan fingerprint density at radius 1 is 1.30 bits per heavy atom. The number of amides is 1. The number of hydrogen-bond donors (Lipinski definition) is 0. The van der Waals surface area contributed by atoms with Gasteiger partial charge in [0.2, 0.25) is 5.91 Å². The summed E-state index contributed by atoms with van der Waals surface area (Å²) in [6, 6.07) is 9.73. The van der Waals surface area contributed by atoms with Crippen LogP contribution in [0.2, 0.25) is 0 Å². The van der Waals surface area contributed by atoms with Crippen molar-refractivity contribution in [3.63, 3.8) is 0 Å². The van der Waals surface area contributed by atoms with Crippen molar-refractivity contribution in [1.29, 1.82) is 0 Å². The minimum atomic E-state index is -0.0291. The summed E-state index contributed by atoms with van der Waals surface area (Å²) in [6.45, 7) is 5.67. The van der Waals surface area contributed by atoms with Crippen LogP contribution in [0.3, 0.4) is 0 Å². The minimum absolute atomic E-state index is 0.0291. The highest BCUT2D eigenvalue weighted by atomic mass is 16.5. The van der Waals surface area contributed by atoms with Crippen molar-refractivity contribution in [1.82, 2.24) is 24.5 Å². The number of carbonyl (C=O) groups excluding carboxylic acids is 1. The van der Waals surface area contributed by atoms with Gasteiger partial charge < -0.3 is 14.4 Å². The second kappa shape index (κ2) is 8.79. The fraction of sp³-hybridized carbons (Fsp3) is 0.455. The van der Waals surface area contributed by atoms with Crippen LogP contribution in [0.15, 0.2) is 30.3 Å². The molecule has 1 saturated heterocycles. The quantitative estimate of drug-likeness (QED) is 0.596. The van der Waals surface area contributed by atoms with Gasteiger partial charge >= 0.3 is 0 Å². The van der Waals surface area contributed by atoms with Crippen LogP contribution in [0.4, 0.5) is 0 Å². The Morgan fingerprint density at radius 2 is 2.17 bits per heavy atom. The van der Waals surface area contributed by atoms with E-state index in [0.717, 1.165) is 42.1 Å². The largest absolute Gasteiger partial charge is 0.497 e. The van der Waals surface area contributed by atoms with Gasteiger partial charge in [-0.1, -0.05) is 12.1 Å². The summed E-state index contributed by atoms with van der Waals surface area (Å²) >= 11 is 0. The Hall–Kier alpha value is -3.00. The SMILES string of the molecule is COc1cccc(CN(CC2CCCO2)C(=O)Cc2nc3nc(C)cc(C)n3n2)c1. The summed E-state index contributed by atoms with van der Waals surface area (Å²) in [5.74, 6) is 1.74. The number of aryl methyl sites for hydroxylation is 2. The average Bonchev–Trinajstić information content (AvgIpc) is 3.37. The maximum Gasteiger partial charge on any atom is 0.252 e. The molecule has 8 heteroatoms. The average molecular weight is 409 g/mol. The fourth-order valence-electron chi connectivity index (χ4n) is 3.81. The zero-order valence-electron chi connectivity index (χ0n) is 17.7. The monoisotopic (exact) mass is 409 g/mol. The molecule has 1 unspecified atom stereocenters. The van der Waals surface area contributed by atoms with Crippen LogP contribution in [0, 0.1) is 13.8 Å².